The number of rotatable bonds is 7. The number of urea groups is 1. The van der Waals surface area contributed by atoms with Crippen molar-refractivity contribution in [2.24, 2.45) is 0 Å². The normalized spacial score (nSPS) is 11.6. The third-order valence-corrected chi connectivity index (χ3v) is 5.27. The van der Waals surface area contributed by atoms with Gasteiger partial charge in [-0.05, 0) is 6.92 Å². The van der Waals surface area contributed by atoms with E-state index in [-0.39, 0.29) is 17.7 Å². The quantitative estimate of drug-likeness (QED) is 0.535. The lowest BCUT2D eigenvalue weighted by molar-refractivity contribution is 0.256. The molecule has 12 nitrogen and oxygen atoms in total. The molecule has 130 valence electrons. The summed E-state index contributed by atoms with van der Waals surface area (Å²) in [7, 11) is -6.06. The van der Waals surface area contributed by atoms with Crippen molar-refractivity contribution in [2.45, 2.75) is 6.92 Å². The number of amides is 2. The molecule has 0 aliphatic rings. The molecule has 0 saturated heterocycles. The van der Waals surface area contributed by atoms with Gasteiger partial charge >= 0.3 is 16.2 Å². The molecule has 3 N–H and O–H groups in total. The molecular weight excluding hydrogens is 354 g/mol. The first-order chi connectivity index (χ1) is 10.6. The predicted octanol–water partition coefficient (Wildman–Crippen LogP) is -1.20. The molecular formula is C9H15N5O7S2. The van der Waals surface area contributed by atoms with Crippen LogP contribution in [0.5, 0.6) is 11.8 Å². The number of aromatic nitrogens is 2. The van der Waals surface area contributed by atoms with Crippen LogP contribution in [0.2, 0.25) is 0 Å². The zero-order valence-electron chi connectivity index (χ0n) is 12.4. The predicted molar refractivity (Wildman–Crippen MR) is 78.8 cm³/mol. The van der Waals surface area contributed by atoms with E-state index in [0.717, 1.165) is 0 Å². The maximum absolute atomic E-state index is 11.6. The molecule has 14 heteroatoms. The van der Waals surface area contributed by atoms with Gasteiger partial charge in [-0.3, -0.25) is 5.32 Å². The Morgan fingerprint density at radius 2 is 1.65 bits per heavy atom. The van der Waals surface area contributed by atoms with Gasteiger partial charge in [-0.1, -0.05) is 4.13 Å². The summed E-state index contributed by atoms with van der Waals surface area (Å²) < 4.78 is 57.9. The number of anilines is 1. The van der Waals surface area contributed by atoms with Gasteiger partial charge in [0.2, 0.25) is 27.7 Å². The van der Waals surface area contributed by atoms with Crippen LogP contribution in [0, 0.1) is 0 Å². The molecule has 1 rings (SSSR count). The van der Waals surface area contributed by atoms with Gasteiger partial charge in [0.1, 0.15) is 0 Å². The Hall–Kier alpha value is -2.19. The van der Waals surface area contributed by atoms with Crippen LogP contribution in [0.3, 0.4) is 0 Å². The molecule has 0 aliphatic heterocycles. The van der Waals surface area contributed by atoms with E-state index >= 15 is 0 Å². The molecule has 0 spiro atoms. The number of nitrogens with one attached hydrogen (secondary N) is 3. The average molecular weight is 369 g/mol. The lowest BCUT2D eigenvalue weighted by Gasteiger charge is -2.09. The van der Waals surface area contributed by atoms with Crippen LogP contribution in [-0.2, 0) is 20.2 Å². The molecule has 0 atom stereocenters. The number of carbonyl (C=O) groups excluding carboxylic acids is 1. The SMILES string of the molecule is CCS(=O)(=O)NS(=O)(=O)NC(=O)Nc1nc(OC)cc(OC)n1. The zero-order chi connectivity index (χ0) is 17.7. The first-order valence-corrected chi connectivity index (χ1v) is 9.06. The van der Waals surface area contributed by atoms with Crippen molar-refractivity contribution in [1.82, 2.24) is 18.8 Å². The van der Waals surface area contributed by atoms with Crippen molar-refractivity contribution in [3.8, 4) is 11.8 Å². The van der Waals surface area contributed by atoms with Crippen molar-refractivity contribution >= 4 is 32.2 Å². The third-order valence-electron chi connectivity index (χ3n) is 2.17. The van der Waals surface area contributed by atoms with Gasteiger partial charge in [-0.2, -0.15) is 18.4 Å². The largest absolute Gasteiger partial charge is 0.481 e. The Morgan fingerprint density at radius 1 is 1.13 bits per heavy atom. The van der Waals surface area contributed by atoms with Gasteiger partial charge in [0.15, 0.2) is 0 Å². The summed E-state index contributed by atoms with van der Waals surface area (Å²) in [5.41, 5.74) is 0. The second-order valence-corrected chi connectivity index (χ2v) is 7.51. The van der Waals surface area contributed by atoms with Crippen LogP contribution in [0.4, 0.5) is 10.7 Å². The molecule has 0 fully saturated rings. The first-order valence-electron chi connectivity index (χ1n) is 5.93. The minimum Gasteiger partial charge on any atom is -0.481 e. The molecule has 1 aromatic rings. The van der Waals surface area contributed by atoms with E-state index in [2.05, 4.69) is 9.97 Å². The standard InChI is InChI=1S/C9H15N5O7S2/c1-4-22(16,17)14-23(18,19)13-9(15)12-8-10-6(20-2)5-7(11-8)21-3/h5,14H,4H2,1-3H3,(H2,10,11,12,13,15). The Bertz CT molecular complexity index is 755. The summed E-state index contributed by atoms with van der Waals surface area (Å²) in [6.45, 7) is 1.23. The van der Waals surface area contributed by atoms with E-state index in [4.69, 9.17) is 9.47 Å². The summed E-state index contributed by atoms with van der Waals surface area (Å²) in [5.74, 6) is -0.679. The van der Waals surface area contributed by atoms with Crippen molar-refractivity contribution in [3.05, 3.63) is 6.07 Å². The second-order valence-electron chi connectivity index (χ2n) is 3.82. The van der Waals surface area contributed by atoms with E-state index in [1.807, 2.05) is 5.32 Å². The first kappa shape index (κ1) is 18.9. The second kappa shape index (κ2) is 7.38. The van der Waals surface area contributed by atoms with E-state index < -0.39 is 32.0 Å². The van der Waals surface area contributed by atoms with Gasteiger partial charge < -0.3 is 9.47 Å². The monoisotopic (exact) mass is 369 g/mol. The molecule has 0 saturated carbocycles. The highest BCUT2D eigenvalue weighted by atomic mass is 32.3. The Kier molecular flexibility index (Phi) is 6.05. The maximum Gasteiger partial charge on any atom is 0.336 e. The highest BCUT2D eigenvalue weighted by Gasteiger charge is 2.21. The fourth-order valence-corrected chi connectivity index (χ4v) is 3.44. The van der Waals surface area contributed by atoms with E-state index in [1.54, 1.807) is 0 Å². The van der Waals surface area contributed by atoms with Gasteiger partial charge in [-0.15, -0.1) is 0 Å². The zero-order valence-corrected chi connectivity index (χ0v) is 14.0. The smallest absolute Gasteiger partial charge is 0.336 e. The van der Waals surface area contributed by atoms with Gasteiger partial charge in [0.05, 0.1) is 26.0 Å². The third kappa shape index (κ3) is 6.21. The molecule has 1 heterocycles. The Balaban J connectivity index is 2.84. The fourth-order valence-electron chi connectivity index (χ4n) is 1.16. The molecule has 0 radical (unpaired) electrons. The van der Waals surface area contributed by atoms with Crippen molar-refractivity contribution in [3.63, 3.8) is 0 Å². The summed E-state index contributed by atoms with van der Waals surface area (Å²) >= 11 is 0. The summed E-state index contributed by atoms with van der Waals surface area (Å²) in [6.07, 6.45) is 0. The highest BCUT2D eigenvalue weighted by Crippen LogP contribution is 2.17. The summed E-state index contributed by atoms with van der Waals surface area (Å²) in [6, 6.07) is 0.0500. The van der Waals surface area contributed by atoms with Crippen molar-refractivity contribution in [1.29, 1.82) is 0 Å². The number of carbonyl (C=O) groups is 1. The Labute approximate surface area is 132 Å². The maximum atomic E-state index is 11.6. The van der Waals surface area contributed by atoms with Crippen LogP contribution in [0.15, 0.2) is 6.07 Å². The van der Waals surface area contributed by atoms with Gasteiger partial charge in [0, 0.05) is 0 Å². The molecule has 0 aromatic carbocycles. The van der Waals surface area contributed by atoms with Gasteiger partial charge in [-0.25, -0.2) is 17.9 Å². The molecule has 0 unspecified atom stereocenters. The lowest BCUT2D eigenvalue weighted by atomic mass is 10.6. The number of hydrogen-bond acceptors (Lipinski definition) is 9. The van der Waals surface area contributed by atoms with Crippen molar-refractivity contribution in [2.75, 3.05) is 25.3 Å². The highest BCUT2D eigenvalue weighted by molar-refractivity contribution is 8.04. The molecule has 0 aliphatic carbocycles. The van der Waals surface area contributed by atoms with E-state index in [0.29, 0.717) is 0 Å². The summed E-state index contributed by atoms with van der Waals surface area (Å²) in [4.78, 5) is 19.1. The molecule has 1 aromatic heterocycles. The number of ether oxygens (including phenoxy) is 2. The molecule has 23 heavy (non-hydrogen) atoms. The number of nitrogens with zero attached hydrogens (tertiary/aromatic N) is 2. The van der Waals surface area contributed by atoms with Crippen LogP contribution in [-0.4, -0.2) is 52.8 Å². The molecule has 2 amide bonds. The van der Waals surface area contributed by atoms with Crippen LogP contribution < -0.4 is 23.6 Å². The van der Waals surface area contributed by atoms with Crippen LogP contribution in [0.25, 0.3) is 0 Å². The van der Waals surface area contributed by atoms with Crippen LogP contribution >= 0.6 is 0 Å². The number of hydrogen-bond donors (Lipinski definition) is 3. The average Bonchev–Trinajstić information content (AvgIpc) is 2.44. The minimum absolute atomic E-state index is 0.0571. The lowest BCUT2D eigenvalue weighted by Crippen LogP contribution is -2.45. The van der Waals surface area contributed by atoms with E-state index in [1.165, 1.54) is 36.1 Å². The minimum atomic E-state index is -4.62. The summed E-state index contributed by atoms with van der Waals surface area (Å²) in [5, 5.41) is 2.00. The van der Waals surface area contributed by atoms with Crippen LogP contribution in [0.1, 0.15) is 6.92 Å². The number of methoxy groups -OCH3 is 2. The number of sulfonamides is 1. The van der Waals surface area contributed by atoms with E-state index in [9.17, 15) is 21.6 Å². The topological polar surface area (TPSA) is 166 Å². The van der Waals surface area contributed by atoms with Gasteiger partial charge in [0.25, 0.3) is 0 Å². The molecule has 0 bridgehead atoms. The Morgan fingerprint density at radius 3 is 2.09 bits per heavy atom. The fraction of sp³-hybridized carbons (Fsp3) is 0.444. The van der Waals surface area contributed by atoms with Crippen molar-refractivity contribution < 1.29 is 31.1 Å².